The van der Waals surface area contributed by atoms with Crippen LogP contribution in [0.1, 0.15) is 19.2 Å². The summed E-state index contributed by atoms with van der Waals surface area (Å²) in [7, 11) is -1.97. The van der Waals surface area contributed by atoms with Crippen LogP contribution in [0, 0.1) is 6.92 Å². The maximum absolute atomic E-state index is 11.9. The Morgan fingerprint density at radius 3 is 2.62 bits per heavy atom. The Labute approximate surface area is 131 Å². The zero-order chi connectivity index (χ0) is 15.3. The van der Waals surface area contributed by atoms with E-state index in [9.17, 15) is 13.2 Å². The van der Waals surface area contributed by atoms with Crippen LogP contribution in [-0.4, -0.2) is 43.0 Å². The first kappa shape index (κ1) is 19.8. The van der Waals surface area contributed by atoms with Crippen molar-refractivity contribution < 1.29 is 13.2 Å². The van der Waals surface area contributed by atoms with E-state index in [1.165, 1.54) is 6.20 Å². The molecular weight excluding hydrogens is 318 g/mol. The summed E-state index contributed by atoms with van der Waals surface area (Å²) in [6.45, 7) is 3.84. The molecule has 0 bridgehead atoms. The molecule has 4 N–H and O–H groups in total. The summed E-state index contributed by atoms with van der Waals surface area (Å²) in [5.41, 5.74) is 5.37. The molecule has 1 amide bonds. The van der Waals surface area contributed by atoms with Crippen LogP contribution in [-0.2, 0) is 21.9 Å². The van der Waals surface area contributed by atoms with Crippen LogP contribution in [0.4, 0.5) is 0 Å². The Balaban J connectivity index is 0.00000400. The normalized spacial score (nSPS) is 12.6. The van der Waals surface area contributed by atoms with Crippen molar-refractivity contribution in [3.63, 3.8) is 0 Å². The number of hydrogen-bond donors (Lipinski definition) is 3. The minimum atomic E-state index is -3.68. The largest absolute Gasteiger partial charge is 0.352 e. The molecule has 0 spiro atoms. The predicted octanol–water partition coefficient (Wildman–Crippen LogP) is -0.718. The van der Waals surface area contributed by atoms with Crippen molar-refractivity contribution in [2.24, 2.45) is 12.8 Å². The molecule has 1 atom stereocenters. The Morgan fingerprint density at radius 1 is 1.52 bits per heavy atom. The zero-order valence-corrected chi connectivity index (χ0v) is 13.9. The molecule has 1 aromatic heterocycles. The van der Waals surface area contributed by atoms with Crippen LogP contribution in [0.25, 0.3) is 0 Å². The summed E-state index contributed by atoms with van der Waals surface area (Å²) >= 11 is 0. The van der Waals surface area contributed by atoms with Crippen molar-refractivity contribution in [2.45, 2.75) is 31.3 Å². The number of carbonyl (C=O) groups excluding carboxylic acids is 1. The average molecular weight is 340 g/mol. The second kappa shape index (κ2) is 8.32. The first-order chi connectivity index (χ1) is 9.26. The minimum absolute atomic E-state index is 0. The fourth-order valence-electron chi connectivity index (χ4n) is 1.43. The van der Waals surface area contributed by atoms with Gasteiger partial charge in [0.1, 0.15) is 5.82 Å². The molecular formula is C11H22ClN5O3S. The van der Waals surface area contributed by atoms with Gasteiger partial charge in [-0.25, -0.2) is 18.1 Å². The second-order valence-corrected chi connectivity index (χ2v) is 6.30. The monoisotopic (exact) mass is 339 g/mol. The molecule has 0 aliphatic rings. The van der Waals surface area contributed by atoms with Gasteiger partial charge in [0.15, 0.2) is 5.03 Å². The molecule has 0 fully saturated rings. The van der Waals surface area contributed by atoms with Crippen molar-refractivity contribution >= 4 is 28.3 Å². The van der Waals surface area contributed by atoms with Gasteiger partial charge in [0.05, 0.1) is 0 Å². The fourth-order valence-corrected chi connectivity index (χ4v) is 2.50. The molecule has 8 nitrogen and oxygen atoms in total. The van der Waals surface area contributed by atoms with E-state index in [2.05, 4.69) is 15.0 Å². The lowest BCUT2D eigenvalue weighted by molar-refractivity contribution is -0.121. The van der Waals surface area contributed by atoms with E-state index in [0.717, 1.165) is 0 Å². The first-order valence-corrected chi connectivity index (χ1v) is 7.73. The number of nitrogens with one attached hydrogen (secondary N) is 2. The molecule has 0 aliphatic carbocycles. The Kier molecular flexibility index (Phi) is 7.86. The highest BCUT2D eigenvalue weighted by Gasteiger charge is 2.18. The smallest absolute Gasteiger partial charge is 0.259 e. The van der Waals surface area contributed by atoms with Crippen molar-refractivity contribution in [1.82, 2.24) is 19.6 Å². The molecule has 0 aromatic carbocycles. The van der Waals surface area contributed by atoms with Crippen LogP contribution >= 0.6 is 12.4 Å². The highest BCUT2D eigenvalue weighted by Crippen LogP contribution is 2.07. The summed E-state index contributed by atoms with van der Waals surface area (Å²) < 4.78 is 27.8. The zero-order valence-electron chi connectivity index (χ0n) is 12.3. The van der Waals surface area contributed by atoms with Gasteiger partial charge < -0.3 is 15.6 Å². The number of carbonyl (C=O) groups is 1. The fraction of sp³-hybridized carbons (Fsp3) is 0.636. The first-order valence-electron chi connectivity index (χ1n) is 6.25. The van der Waals surface area contributed by atoms with Gasteiger partial charge in [0.25, 0.3) is 10.0 Å². The van der Waals surface area contributed by atoms with Crippen LogP contribution in [0.5, 0.6) is 0 Å². The summed E-state index contributed by atoms with van der Waals surface area (Å²) in [5.74, 6) is 0.350. The molecule has 0 aliphatic heterocycles. The maximum Gasteiger partial charge on any atom is 0.259 e. The number of nitrogens with two attached hydrogens (primary N) is 1. The average Bonchev–Trinajstić information content (AvgIpc) is 2.70. The Hall–Kier alpha value is -1.16. The third-order valence-corrected chi connectivity index (χ3v) is 4.10. The molecule has 1 rings (SSSR count). The molecule has 122 valence electrons. The van der Waals surface area contributed by atoms with Gasteiger partial charge in [-0.15, -0.1) is 12.4 Å². The number of halogens is 1. The van der Waals surface area contributed by atoms with Gasteiger partial charge in [-0.3, -0.25) is 4.79 Å². The summed E-state index contributed by atoms with van der Waals surface area (Å²) in [4.78, 5) is 15.4. The van der Waals surface area contributed by atoms with Gasteiger partial charge in [-0.1, -0.05) is 0 Å². The molecule has 0 unspecified atom stereocenters. The van der Waals surface area contributed by atoms with Crippen LogP contribution in [0.3, 0.4) is 0 Å². The van der Waals surface area contributed by atoms with Crippen molar-refractivity contribution in [3.05, 3.63) is 12.0 Å². The summed E-state index contributed by atoms with van der Waals surface area (Å²) in [6.07, 6.45) is 1.48. The highest BCUT2D eigenvalue weighted by molar-refractivity contribution is 7.89. The number of sulfonamides is 1. The summed E-state index contributed by atoms with van der Waals surface area (Å²) in [5, 5.41) is 2.60. The van der Waals surface area contributed by atoms with Crippen molar-refractivity contribution in [3.8, 4) is 0 Å². The topological polar surface area (TPSA) is 119 Å². The lowest BCUT2D eigenvalue weighted by Crippen LogP contribution is -2.39. The van der Waals surface area contributed by atoms with Gasteiger partial charge in [-0.05, 0) is 13.8 Å². The lowest BCUT2D eigenvalue weighted by Gasteiger charge is -2.11. The third-order valence-electron chi connectivity index (χ3n) is 2.77. The van der Waals surface area contributed by atoms with E-state index in [1.54, 1.807) is 25.5 Å². The van der Waals surface area contributed by atoms with E-state index < -0.39 is 10.0 Å². The van der Waals surface area contributed by atoms with Crippen LogP contribution < -0.4 is 15.8 Å². The molecule has 0 radical (unpaired) electrons. The lowest BCUT2D eigenvalue weighted by atomic mass is 10.3. The predicted molar refractivity (Wildman–Crippen MR) is 81.7 cm³/mol. The molecule has 21 heavy (non-hydrogen) atoms. The maximum atomic E-state index is 11.9. The minimum Gasteiger partial charge on any atom is -0.352 e. The number of aromatic nitrogens is 2. The van der Waals surface area contributed by atoms with Gasteiger partial charge in [0, 0.05) is 38.8 Å². The molecule has 10 heteroatoms. The Morgan fingerprint density at radius 2 is 2.14 bits per heavy atom. The molecule has 0 saturated carbocycles. The van der Waals surface area contributed by atoms with E-state index >= 15 is 0 Å². The van der Waals surface area contributed by atoms with E-state index in [-0.39, 0.29) is 42.3 Å². The van der Waals surface area contributed by atoms with E-state index in [0.29, 0.717) is 12.4 Å². The highest BCUT2D eigenvalue weighted by atomic mass is 35.5. The molecule has 0 saturated heterocycles. The van der Waals surface area contributed by atoms with Crippen molar-refractivity contribution in [2.75, 3.05) is 13.1 Å². The number of nitrogens with zero attached hydrogens (tertiary/aromatic N) is 2. The molecule has 1 heterocycles. The standard InChI is InChI=1S/C11H21N5O3S.ClH/c1-8(6-12)14-10(17)4-5-13-20(18,19)11-7-16(3)9(2)15-11;/h7-8,13H,4-6,12H2,1-3H3,(H,14,17);1H/t8-;/m0./s1. The number of imidazole rings is 1. The SMILES string of the molecule is Cc1nc(S(=O)(=O)NCCC(=O)N[C@@H](C)CN)cn1C.Cl. The number of rotatable bonds is 7. The van der Waals surface area contributed by atoms with E-state index in [1.807, 2.05) is 0 Å². The summed E-state index contributed by atoms with van der Waals surface area (Å²) in [6, 6.07) is -0.127. The molecule has 1 aromatic rings. The number of hydrogen-bond acceptors (Lipinski definition) is 5. The second-order valence-electron chi connectivity index (χ2n) is 4.59. The quantitative estimate of drug-likeness (QED) is 0.606. The van der Waals surface area contributed by atoms with Gasteiger partial charge in [-0.2, -0.15) is 0 Å². The number of aryl methyl sites for hydroxylation is 2. The van der Waals surface area contributed by atoms with Crippen molar-refractivity contribution in [1.29, 1.82) is 0 Å². The van der Waals surface area contributed by atoms with E-state index in [4.69, 9.17) is 5.73 Å². The Bertz CT molecular complexity index is 553. The number of amides is 1. The van der Waals surface area contributed by atoms with Crippen LogP contribution in [0.15, 0.2) is 11.2 Å². The third kappa shape index (κ3) is 6.00. The van der Waals surface area contributed by atoms with Crippen LogP contribution in [0.2, 0.25) is 0 Å². The van der Waals surface area contributed by atoms with Gasteiger partial charge >= 0.3 is 0 Å². The van der Waals surface area contributed by atoms with Gasteiger partial charge in [0.2, 0.25) is 5.91 Å².